The zero-order valence-corrected chi connectivity index (χ0v) is 16.5. The second-order valence-corrected chi connectivity index (χ2v) is 8.57. The molecule has 1 aliphatic heterocycles. The summed E-state index contributed by atoms with van der Waals surface area (Å²) in [5, 5.41) is 0. The lowest BCUT2D eigenvalue weighted by molar-refractivity contribution is -0.134. The van der Waals surface area contributed by atoms with Gasteiger partial charge in [-0.05, 0) is 50.1 Å². The van der Waals surface area contributed by atoms with E-state index >= 15 is 0 Å². The Morgan fingerprint density at radius 3 is 2.44 bits per heavy atom. The minimum atomic E-state index is -3.52. The highest BCUT2D eigenvalue weighted by molar-refractivity contribution is 7.91. The predicted molar refractivity (Wildman–Crippen MR) is 99.8 cm³/mol. The molecular weight excluding hydrogens is 364 g/mol. The maximum absolute atomic E-state index is 12.6. The third kappa shape index (κ3) is 5.09. The maximum atomic E-state index is 12.6. The van der Waals surface area contributed by atoms with Crippen molar-refractivity contribution in [3.8, 4) is 5.75 Å². The summed E-state index contributed by atoms with van der Waals surface area (Å²) < 4.78 is 30.1. The summed E-state index contributed by atoms with van der Waals surface area (Å²) in [6.07, 6.45) is 0.875. The van der Waals surface area contributed by atoms with Crippen LogP contribution in [0.5, 0.6) is 5.75 Å². The van der Waals surface area contributed by atoms with Gasteiger partial charge >= 0.3 is 0 Å². The second kappa shape index (κ2) is 8.87. The number of hydrogen-bond acceptors (Lipinski definition) is 5. The van der Waals surface area contributed by atoms with Crippen LogP contribution in [-0.2, 0) is 14.6 Å². The number of nitrogens with two attached hydrogens (primary N) is 1. The normalized spacial score (nSPS) is 21.5. The lowest BCUT2D eigenvalue weighted by Crippen LogP contribution is -2.40. The molecule has 8 heteroatoms. The molecule has 1 aromatic carbocycles. The van der Waals surface area contributed by atoms with E-state index in [0.29, 0.717) is 24.8 Å². The highest BCUT2D eigenvalue weighted by Crippen LogP contribution is 2.25. The molecule has 0 bridgehead atoms. The van der Waals surface area contributed by atoms with E-state index in [9.17, 15) is 13.2 Å². The molecule has 0 aromatic heterocycles. The fourth-order valence-electron chi connectivity index (χ4n) is 3.18. The van der Waals surface area contributed by atoms with Crippen LogP contribution in [-0.4, -0.2) is 51.2 Å². The van der Waals surface area contributed by atoms with Crippen LogP contribution < -0.4 is 10.5 Å². The first kappa shape index (κ1) is 21.7. The molecule has 0 spiro atoms. The zero-order chi connectivity index (χ0) is 17.9. The fourth-order valence-corrected chi connectivity index (χ4v) is 4.73. The van der Waals surface area contributed by atoms with Gasteiger partial charge in [-0.3, -0.25) is 4.79 Å². The zero-order valence-electron chi connectivity index (χ0n) is 14.8. The Labute approximate surface area is 156 Å². The number of likely N-dealkylation sites (tertiary alicyclic amines) is 1. The van der Waals surface area contributed by atoms with Crippen LogP contribution in [0.2, 0.25) is 0 Å². The lowest BCUT2D eigenvalue weighted by Gasteiger charge is -2.25. The van der Waals surface area contributed by atoms with Gasteiger partial charge in [0.2, 0.25) is 5.91 Å². The van der Waals surface area contributed by atoms with E-state index in [1.807, 2.05) is 6.92 Å². The van der Waals surface area contributed by atoms with Crippen LogP contribution in [0, 0.1) is 11.8 Å². The van der Waals surface area contributed by atoms with E-state index in [2.05, 4.69) is 0 Å². The van der Waals surface area contributed by atoms with Crippen molar-refractivity contribution in [1.82, 2.24) is 4.90 Å². The summed E-state index contributed by atoms with van der Waals surface area (Å²) in [7, 11) is -2.00. The van der Waals surface area contributed by atoms with Gasteiger partial charge in [-0.25, -0.2) is 8.42 Å². The Morgan fingerprint density at radius 2 is 1.96 bits per heavy atom. The third-order valence-electron chi connectivity index (χ3n) is 4.59. The molecule has 25 heavy (non-hydrogen) atoms. The van der Waals surface area contributed by atoms with Crippen molar-refractivity contribution in [2.45, 2.75) is 31.2 Å². The Morgan fingerprint density at radius 1 is 1.36 bits per heavy atom. The molecule has 142 valence electrons. The summed E-state index contributed by atoms with van der Waals surface area (Å²) in [6, 6.07) is 6.33. The molecule has 1 fully saturated rings. The van der Waals surface area contributed by atoms with Crippen LogP contribution in [0.3, 0.4) is 0 Å². The van der Waals surface area contributed by atoms with E-state index in [4.69, 9.17) is 10.5 Å². The number of amides is 1. The molecule has 6 nitrogen and oxygen atoms in total. The van der Waals surface area contributed by atoms with E-state index < -0.39 is 15.8 Å². The van der Waals surface area contributed by atoms with Crippen molar-refractivity contribution in [2.75, 3.05) is 26.0 Å². The lowest BCUT2D eigenvalue weighted by atomic mass is 10.1. The summed E-state index contributed by atoms with van der Waals surface area (Å²) in [4.78, 5) is 14.6. The van der Waals surface area contributed by atoms with Crippen molar-refractivity contribution in [2.24, 2.45) is 17.6 Å². The predicted octanol–water partition coefficient (Wildman–Crippen LogP) is 1.72. The van der Waals surface area contributed by atoms with Crippen LogP contribution >= 0.6 is 12.4 Å². The average molecular weight is 391 g/mol. The van der Waals surface area contributed by atoms with Gasteiger partial charge in [0.05, 0.1) is 17.8 Å². The molecule has 0 saturated carbocycles. The molecule has 2 N–H and O–H groups in total. The monoisotopic (exact) mass is 390 g/mol. The summed E-state index contributed by atoms with van der Waals surface area (Å²) in [5.41, 5.74) is 5.69. The molecule has 1 aromatic rings. The van der Waals surface area contributed by atoms with Crippen LogP contribution in [0.4, 0.5) is 0 Å². The summed E-state index contributed by atoms with van der Waals surface area (Å²) >= 11 is 0. The van der Waals surface area contributed by atoms with Gasteiger partial charge in [-0.1, -0.05) is 6.92 Å². The highest BCUT2D eigenvalue weighted by Gasteiger charge is 2.35. The van der Waals surface area contributed by atoms with Gasteiger partial charge in [0, 0.05) is 18.5 Å². The van der Waals surface area contributed by atoms with E-state index in [1.165, 1.54) is 19.2 Å². The molecule has 0 radical (unpaired) electrons. The Balaban J connectivity index is 0.00000312. The number of carbonyl (C=O) groups is 1. The Bertz CT molecular complexity index is 678. The number of rotatable bonds is 6. The number of hydrogen-bond donors (Lipinski definition) is 1. The fraction of sp³-hybridized carbons (Fsp3) is 0.588. The van der Waals surface area contributed by atoms with Crippen molar-refractivity contribution in [3.05, 3.63) is 24.3 Å². The van der Waals surface area contributed by atoms with E-state index in [-0.39, 0.29) is 35.0 Å². The average Bonchev–Trinajstić information content (AvgIpc) is 2.94. The second-order valence-electron chi connectivity index (χ2n) is 6.54. The Hall–Kier alpha value is -1.31. The minimum absolute atomic E-state index is 0. The van der Waals surface area contributed by atoms with E-state index in [1.54, 1.807) is 24.0 Å². The number of carbonyl (C=O) groups excluding carboxylic acids is 1. The number of halogens is 1. The number of ether oxygens (including phenoxy) is 1. The number of benzene rings is 1. The number of sulfone groups is 1. The van der Waals surface area contributed by atoms with Crippen molar-refractivity contribution < 1.29 is 17.9 Å². The van der Waals surface area contributed by atoms with Gasteiger partial charge in [0.15, 0.2) is 9.84 Å². The quantitative estimate of drug-likeness (QED) is 0.798. The van der Waals surface area contributed by atoms with Crippen molar-refractivity contribution in [1.29, 1.82) is 0 Å². The number of methoxy groups -OCH3 is 1. The molecule has 2 rings (SSSR count). The first-order chi connectivity index (χ1) is 11.3. The van der Waals surface area contributed by atoms with Crippen LogP contribution in [0.15, 0.2) is 29.2 Å². The summed E-state index contributed by atoms with van der Waals surface area (Å²) in [5.74, 6) is -0.00737. The highest BCUT2D eigenvalue weighted by atomic mass is 35.5. The van der Waals surface area contributed by atoms with Crippen molar-refractivity contribution >= 4 is 28.2 Å². The molecule has 1 heterocycles. The maximum Gasteiger partial charge on any atom is 0.226 e. The van der Waals surface area contributed by atoms with Crippen LogP contribution in [0.1, 0.15) is 20.3 Å². The third-order valence-corrected chi connectivity index (χ3v) is 6.52. The van der Waals surface area contributed by atoms with Crippen LogP contribution in [0.25, 0.3) is 0 Å². The topological polar surface area (TPSA) is 89.7 Å². The first-order valence-electron chi connectivity index (χ1n) is 8.15. The standard InChI is InChI=1S/C17H26N2O4S.ClH/c1-12(17(20)19-10-14(9-18)8-13(19)2)11-24(21,22)16-6-4-15(23-3)5-7-16;/h4-7,12-14H,8-11,18H2,1-3H3;1H. The van der Waals surface area contributed by atoms with Crippen molar-refractivity contribution in [3.63, 3.8) is 0 Å². The Kier molecular flexibility index (Phi) is 7.71. The van der Waals surface area contributed by atoms with Gasteiger partial charge in [0.25, 0.3) is 0 Å². The minimum Gasteiger partial charge on any atom is -0.497 e. The first-order valence-corrected chi connectivity index (χ1v) is 9.81. The molecule has 1 aliphatic rings. The van der Waals surface area contributed by atoms with Gasteiger partial charge in [-0.2, -0.15) is 0 Å². The smallest absolute Gasteiger partial charge is 0.226 e. The molecule has 1 amide bonds. The van der Waals surface area contributed by atoms with Gasteiger partial charge in [0.1, 0.15) is 5.75 Å². The van der Waals surface area contributed by atoms with E-state index in [0.717, 1.165) is 6.42 Å². The largest absolute Gasteiger partial charge is 0.497 e. The van der Waals surface area contributed by atoms with Gasteiger partial charge in [-0.15, -0.1) is 12.4 Å². The SMILES string of the molecule is COc1ccc(S(=O)(=O)CC(C)C(=O)N2CC(CN)CC2C)cc1.Cl. The molecule has 1 saturated heterocycles. The molecule has 0 aliphatic carbocycles. The number of nitrogens with zero attached hydrogens (tertiary/aromatic N) is 1. The van der Waals surface area contributed by atoms with Gasteiger partial charge < -0.3 is 15.4 Å². The molecular formula is C17H27ClN2O4S. The summed E-state index contributed by atoms with van der Waals surface area (Å²) in [6.45, 7) is 4.82. The molecule has 3 atom stereocenters. The molecule has 3 unspecified atom stereocenters.